The van der Waals surface area contributed by atoms with E-state index in [0.29, 0.717) is 5.82 Å². The number of pyridine rings is 1. The first-order chi connectivity index (χ1) is 13.6. The number of nitrogens with one attached hydrogen (secondary N) is 1. The van der Waals surface area contributed by atoms with Crippen molar-refractivity contribution in [3.63, 3.8) is 0 Å². The van der Waals surface area contributed by atoms with Crippen molar-refractivity contribution >= 4 is 5.91 Å². The number of benzene rings is 1. The summed E-state index contributed by atoms with van der Waals surface area (Å²) in [6, 6.07) is 11.9. The van der Waals surface area contributed by atoms with Crippen molar-refractivity contribution in [1.82, 2.24) is 20.3 Å². The third-order valence-electron chi connectivity index (χ3n) is 5.41. The first-order valence-electron chi connectivity index (χ1n) is 9.75. The first-order valence-corrected chi connectivity index (χ1v) is 9.75. The van der Waals surface area contributed by atoms with Gasteiger partial charge in [0.05, 0.1) is 12.0 Å². The van der Waals surface area contributed by atoms with Crippen LogP contribution >= 0.6 is 0 Å². The van der Waals surface area contributed by atoms with Crippen LogP contribution in [-0.4, -0.2) is 20.9 Å². The van der Waals surface area contributed by atoms with Gasteiger partial charge in [-0.3, -0.25) is 9.78 Å². The maximum Gasteiger partial charge on any atom is 0.227 e. The highest BCUT2D eigenvalue weighted by Gasteiger charge is 2.26. The lowest BCUT2D eigenvalue weighted by Gasteiger charge is -2.27. The van der Waals surface area contributed by atoms with Crippen LogP contribution in [0.1, 0.15) is 54.1 Å². The zero-order valence-electron chi connectivity index (χ0n) is 16.2. The molecule has 0 unspecified atom stereocenters. The molecule has 3 aromatic rings. The minimum Gasteiger partial charge on any atom is -0.349 e. The van der Waals surface area contributed by atoms with E-state index in [1.165, 1.54) is 5.56 Å². The molecule has 1 aromatic carbocycles. The molecule has 2 atom stereocenters. The Hall–Kier alpha value is -3.08. The monoisotopic (exact) mass is 372 g/mol. The fourth-order valence-corrected chi connectivity index (χ4v) is 3.64. The van der Waals surface area contributed by atoms with Crippen molar-refractivity contribution in [3.8, 4) is 11.4 Å². The van der Waals surface area contributed by atoms with Gasteiger partial charge in [-0.25, -0.2) is 9.97 Å². The highest BCUT2D eigenvalue weighted by Crippen LogP contribution is 2.30. The molecule has 0 fully saturated rings. The van der Waals surface area contributed by atoms with Gasteiger partial charge in [-0.2, -0.15) is 0 Å². The minimum absolute atomic E-state index is 0.0318. The van der Waals surface area contributed by atoms with Gasteiger partial charge >= 0.3 is 0 Å². The summed E-state index contributed by atoms with van der Waals surface area (Å²) >= 11 is 0. The molecular formula is C23H24N4O. The van der Waals surface area contributed by atoms with E-state index in [1.54, 1.807) is 12.4 Å². The van der Waals surface area contributed by atoms with Crippen molar-refractivity contribution in [1.29, 1.82) is 0 Å². The largest absolute Gasteiger partial charge is 0.349 e. The number of fused-ring (bicyclic) bond motifs is 1. The fourth-order valence-electron chi connectivity index (χ4n) is 3.64. The summed E-state index contributed by atoms with van der Waals surface area (Å²) in [6.45, 7) is 4.00. The van der Waals surface area contributed by atoms with E-state index >= 15 is 0 Å². The number of nitrogens with zero attached hydrogens (tertiary/aromatic N) is 3. The smallest absolute Gasteiger partial charge is 0.227 e. The number of aryl methyl sites for hydroxylation is 2. The van der Waals surface area contributed by atoms with E-state index in [1.807, 2.05) is 56.4 Å². The van der Waals surface area contributed by atoms with Crippen LogP contribution in [0.25, 0.3) is 11.4 Å². The van der Waals surface area contributed by atoms with Crippen LogP contribution in [0.3, 0.4) is 0 Å². The summed E-state index contributed by atoms with van der Waals surface area (Å²) in [5, 5.41) is 3.22. The Morgan fingerprint density at radius 3 is 2.64 bits per heavy atom. The van der Waals surface area contributed by atoms with Crippen molar-refractivity contribution in [2.24, 2.45) is 0 Å². The molecule has 0 saturated carbocycles. The molecule has 0 bridgehead atoms. The van der Waals surface area contributed by atoms with Crippen molar-refractivity contribution < 1.29 is 4.79 Å². The normalized spacial score (nSPS) is 16.9. The summed E-state index contributed by atoms with van der Waals surface area (Å²) in [7, 11) is 0. The Morgan fingerprint density at radius 1 is 1.14 bits per heavy atom. The predicted octanol–water partition coefficient (Wildman–Crippen LogP) is 4.14. The van der Waals surface area contributed by atoms with Crippen molar-refractivity contribution in [3.05, 3.63) is 77.4 Å². The van der Waals surface area contributed by atoms with E-state index in [9.17, 15) is 4.79 Å². The zero-order chi connectivity index (χ0) is 19.5. The van der Waals surface area contributed by atoms with Gasteiger partial charge in [0, 0.05) is 35.4 Å². The van der Waals surface area contributed by atoms with Gasteiger partial charge in [-0.1, -0.05) is 29.8 Å². The number of hydrogen-bond acceptors (Lipinski definition) is 4. The van der Waals surface area contributed by atoms with Gasteiger partial charge in [-0.15, -0.1) is 0 Å². The van der Waals surface area contributed by atoms with Crippen LogP contribution in [0.5, 0.6) is 0 Å². The Balaban J connectivity index is 1.53. The standard InChI is InChI=1S/C23H24N4O/c1-15-6-8-17(9-7-15)16(2)23(28)27-21-5-3-4-20-19(21)14-25-22(26-20)18-10-12-24-13-11-18/h6-14,16,21H,3-5H2,1-2H3,(H,27,28)/t16-,21+/m1/s1. The summed E-state index contributed by atoms with van der Waals surface area (Å²) < 4.78 is 0. The number of amides is 1. The lowest BCUT2D eigenvalue weighted by molar-refractivity contribution is -0.123. The molecule has 5 heteroatoms. The molecule has 1 aliphatic carbocycles. The van der Waals surface area contributed by atoms with Crippen LogP contribution in [0.4, 0.5) is 0 Å². The Labute approximate surface area is 165 Å². The van der Waals surface area contributed by atoms with E-state index < -0.39 is 0 Å². The van der Waals surface area contributed by atoms with Crippen LogP contribution < -0.4 is 5.32 Å². The number of carbonyl (C=O) groups is 1. The molecule has 4 rings (SSSR count). The molecule has 0 radical (unpaired) electrons. The maximum atomic E-state index is 12.8. The molecule has 0 aliphatic heterocycles. The second-order valence-corrected chi connectivity index (χ2v) is 7.42. The van der Waals surface area contributed by atoms with Gasteiger partial charge in [0.2, 0.25) is 5.91 Å². The Kier molecular flexibility index (Phi) is 5.15. The molecule has 2 aromatic heterocycles. The van der Waals surface area contributed by atoms with E-state index in [-0.39, 0.29) is 17.9 Å². The van der Waals surface area contributed by atoms with Crippen LogP contribution in [-0.2, 0) is 11.2 Å². The third kappa shape index (κ3) is 3.79. The quantitative estimate of drug-likeness (QED) is 0.747. The van der Waals surface area contributed by atoms with Crippen molar-refractivity contribution in [2.45, 2.75) is 45.1 Å². The number of hydrogen-bond donors (Lipinski definition) is 1. The molecule has 1 aliphatic rings. The molecule has 28 heavy (non-hydrogen) atoms. The van der Waals surface area contributed by atoms with Gasteiger partial charge in [0.25, 0.3) is 0 Å². The van der Waals surface area contributed by atoms with Gasteiger partial charge in [0.1, 0.15) is 0 Å². The maximum absolute atomic E-state index is 12.8. The first kappa shape index (κ1) is 18.3. The SMILES string of the molecule is Cc1ccc([C@@H](C)C(=O)N[C@H]2CCCc3nc(-c4ccncc4)ncc32)cc1. The second-order valence-electron chi connectivity index (χ2n) is 7.42. The van der Waals surface area contributed by atoms with Crippen LogP contribution in [0.2, 0.25) is 0 Å². The average molecular weight is 372 g/mol. The molecule has 5 nitrogen and oxygen atoms in total. The summed E-state index contributed by atoms with van der Waals surface area (Å²) in [4.78, 5) is 26.2. The number of carbonyl (C=O) groups excluding carboxylic acids is 1. The van der Waals surface area contributed by atoms with Gasteiger partial charge in [0.15, 0.2) is 5.82 Å². The summed E-state index contributed by atoms with van der Waals surface area (Å²) in [6.07, 6.45) is 8.19. The van der Waals surface area contributed by atoms with Gasteiger partial charge < -0.3 is 5.32 Å². The highest BCUT2D eigenvalue weighted by atomic mass is 16.1. The molecule has 142 valence electrons. The Morgan fingerprint density at radius 2 is 1.89 bits per heavy atom. The lowest BCUT2D eigenvalue weighted by atomic mass is 9.91. The zero-order valence-corrected chi connectivity index (χ0v) is 16.2. The lowest BCUT2D eigenvalue weighted by Crippen LogP contribution is -2.34. The molecule has 0 saturated heterocycles. The molecule has 1 amide bonds. The number of rotatable bonds is 4. The summed E-state index contributed by atoms with van der Waals surface area (Å²) in [5.74, 6) is 0.559. The summed E-state index contributed by atoms with van der Waals surface area (Å²) in [5.41, 5.74) is 5.25. The second kappa shape index (κ2) is 7.89. The average Bonchev–Trinajstić information content (AvgIpc) is 2.74. The van der Waals surface area contributed by atoms with Gasteiger partial charge in [-0.05, 0) is 50.8 Å². The Bertz CT molecular complexity index is 970. The molecular weight excluding hydrogens is 348 g/mol. The molecule has 0 spiro atoms. The van der Waals surface area contributed by atoms with E-state index in [4.69, 9.17) is 4.98 Å². The van der Waals surface area contributed by atoms with E-state index in [0.717, 1.165) is 41.6 Å². The minimum atomic E-state index is -0.192. The topological polar surface area (TPSA) is 67.8 Å². The van der Waals surface area contributed by atoms with Crippen LogP contribution in [0.15, 0.2) is 55.0 Å². The number of aromatic nitrogens is 3. The van der Waals surface area contributed by atoms with E-state index in [2.05, 4.69) is 15.3 Å². The van der Waals surface area contributed by atoms with Crippen molar-refractivity contribution in [2.75, 3.05) is 0 Å². The third-order valence-corrected chi connectivity index (χ3v) is 5.41. The predicted molar refractivity (Wildman–Crippen MR) is 109 cm³/mol. The molecule has 2 heterocycles. The highest BCUT2D eigenvalue weighted by molar-refractivity contribution is 5.83. The van der Waals surface area contributed by atoms with Crippen LogP contribution in [0, 0.1) is 6.92 Å². The fraction of sp³-hybridized carbons (Fsp3) is 0.304. The molecule has 1 N–H and O–H groups in total.